The van der Waals surface area contributed by atoms with Crippen LogP contribution in [-0.2, 0) is 6.42 Å². The molecule has 0 amide bonds. The van der Waals surface area contributed by atoms with Gasteiger partial charge >= 0.3 is 0 Å². The molecule has 17 heavy (non-hydrogen) atoms. The smallest absolute Gasteiger partial charge is 0.123 e. The van der Waals surface area contributed by atoms with Crippen LogP contribution in [0, 0.1) is 5.82 Å². The first kappa shape index (κ1) is 11.4. The largest absolute Gasteiger partial charge is 0.207 e. The minimum absolute atomic E-state index is 0.213. The molecule has 2 aromatic carbocycles. The highest BCUT2D eigenvalue weighted by Crippen LogP contribution is 2.04. The molecule has 0 aliphatic carbocycles. The second-order valence-corrected chi connectivity index (χ2v) is 3.76. The predicted octanol–water partition coefficient (Wildman–Crippen LogP) is 4.24. The van der Waals surface area contributed by atoms with Gasteiger partial charge in [-0.2, -0.15) is 0 Å². The quantitative estimate of drug-likeness (QED) is 0.684. The van der Waals surface area contributed by atoms with Crippen molar-refractivity contribution in [1.82, 2.24) is 0 Å². The van der Waals surface area contributed by atoms with Crippen LogP contribution in [0.25, 0.3) is 6.08 Å². The van der Waals surface area contributed by atoms with Crippen molar-refractivity contribution in [3.8, 4) is 0 Å². The monoisotopic (exact) mass is 224 g/mol. The first-order valence-electron chi connectivity index (χ1n) is 5.55. The van der Waals surface area contributed by atoms with Gasteiger partial charge in [0.25, 0.3) is 0 Å². The maximum atomic E-state index is 12.7. The van der Waals surface area contributed by atoms with Crippen LogP contribution >= 0.6 is 0 Å². The third-order valence-electron chi connectivity index (χ3n) is 2.42. The fourth-order valence-electron chi connectivity index (χ4n) is 1.51. The summed E-state index contributed by atoms with van der Waals surface area (Å²) in [5.41, 5.74) is 5.31. The molecule has 0 spiro atoms. The van der Waals surface area contributed by atoms with Gasteiger partial charge in [-0.05, 0) is 41.8 Å². The zero-order valence-corrected chi connectivity index (χ0v) is 9.44. The highest BCUT2D eigenvalue weighted by Gasteiger charge is 1.87. The van der Waals surface area contributed by atoms with Crippen molar-refractivity contribution in [3.63, 3.8) is 0 Å². The number of hydrogen-bond acceptors (Lipinski definition) is 0. The molecule has 0 fully saturated rings. The molecule has 0 unspecified atom stereocenters. The van der Waals surface area contributed by atoms with E-state index in [1.807, 2.05) is 30.4 Å². The normalized spacial score (nSPS) is 9.47. The van der Waals surface area contributed by atoms with E-state index in [9.17, 15) is 4.39 Å². The van der Waals surface area contributed by atoms with Gasteiger partial charge in [-0.1, -0.05) is 42.5 Å². The third-order valence-corrected chi connectivity index (χ3v) is 2.42. The number of hydrogen-bond donors (Lipinski definition) is 0. The van der Waals surface area contributed by atoms with Gasteiger partial charge in [0, 0.05) is 0 Å². The Balaban J connectivity index is 1.99. The van der Waals surface area contributed by atoms with E-state index in [0.717, 1.165) is 12.0 Å². The Bertz CT molecular complexity index is 517. The SMILES string of the molecule is Fc1ccc(C=C=CCc2ccccc2)cc1. The molecule has 0 N–H and O–H groups in total. The van der Waals surface area contributed by atoms with E-state index in [0.29, 0.717) is 0 Å². The number of benzene rings is 2. The number of rotatable bonds is 3. The topological polar surface area (TPSA) is 0 Å². The van der Waals surface area contributed by atoms with E-state index < -0.39 is 0 Å². The third kappa shape index (κ3) is 3.75. The molecule has 0 bridgehead atoms. The van der Waals surface area contributed by atoms with Crippen LogP contribution in [0.5, 0.6) is 0 Å². The van der Waals surface area contributed by atoms with Gasteiger partial charge in [0.2, 0.25) is 0 Å². The lowest BCUT2D eigenvalue weighted by Crippen LogP contribution is -1.77. The van der Waals surface area contributed by atoms with E-state index >= 15 is 0 Å². The van der Waals surface area contributed by atoms with Crippen molar-refractivity contribution < 1.29 is 4.39 Å². The number of allylic oxidation sites excluding steroid dienone is 1. The fourth-order valence-corrected chi connectivity index (χ4v) is 1.51. The van der Waals surface area contributed by atoms with Crippen LogP contribution in [0.4, 0.5) is 4.39 Å². The summed E-state index contributed by atoms with van der Waals surface area (Å²) in [4.78, 5) is 0. The van der Waals surface area contributed by atoms with Crippen molar-refractivity contribution in [2.24, 2.45) is 0 Å². The zero-order chi connectivity index (χ0) is 11.9. The Hall–Kier alpha value is -2.11. The minimum Gasteiger partial charge on any atom is -0.207 e. The van der Waals surface area contributed by atoms with Crippen LogP contribution in [0.3, 0.4) is 0 Å². The maximum absolute atomic E-state index is 12.7. The lowest BCUT2D eigenvalue weighted by Gasteiger charge is -1.92. The van der Waals surface area contributed by atoms with Crippen LogP contribution in [-0.4, -0.2) is 0 Å². The molecule has 0 aromatic heterocycles. The summed E-state index contributed by atoms with van der Waals surface area (Å²) in [5, 5.41) is 0. The number of halogens is 1. The first-order valence-corrected chi connectivity index (χ1v) is 5.55. The Morgan fingerprint density at radius 3 is 2.35 bits per heavy atom. The summed E-state index contributed by atoms with van der Waals surface area (Å²) in [5.74, 6) is -0.213. The summed E-state index contributed by atoms with van der Waals surface area (Å²) >= 11 is 0. The van der Waals surface area contributed by atoms with Crippen molar-refractivity contribution in [1.29, 1.82) is 0 Å². The molecule has 0 aliphatic heterocycles. The molecule has 0 heterocycles. The Morgan fingerprint density at radius 1 is 0.941 bits per heavy atom. The molecule has 1 heteroatoms. The van der Waals surface area contributed by atoms with Gasteiger partial charge in [-0.15, -0.1) is 5.73 Å². The lowest BCUT2D eigenvalue weighted by molar-refractivity contribution is 0.628. The molecular weight excluding hydrogens is 211 g/mol. The van der Waals surface area contributed by atoms with Gasteiger partial charge in [0.15, 0.2) is 0 Å². The molecule has 0 nitrogen and oxygen atoms in total. The van der Waals surface area contributed by atoms with Crippen LogP contribution in [0.1, 0.15) is 11.1 Å². The van der Waals surface area contributed by atoms with Crippen molar-refractivity contribution in [3.05, 3.63) is 83.3 Å². The summed E-state index contributed by atoms with van der Waals surface area (Å²) in [7, 11) is 0. The molecule has 0 aliphatic rings. The summed E-state index contributed by atoms with van der Waals surface area (Å²) < 4.78 is 12.7. The van der Waals surface area contributed by atoms with Gasteiger partial charge in [-0.25, -0.2) is 4.39 Å². The standard InChI is InChI=1S/C16H13F/c17-16-12-10-15(11-13-16)9-5-4-8-14-6-2-1-3-7-14/h1-4,6-7,9-13H,8H2. The summed E-state index contributed by atoms with van der Waals surface area (Å²) in [6.45, 7) is 0. The highest BCUT2D eigenvalue weighted by atomic mass is 19.1. The molecule has 0 saturated heterocycles. The van der Waals surface area contributed by atoms with Gasteiger partial charge < -0.3 is 0 Å². The van der Waals surface area contributed by atoms with Gasteiger partial charge in [-0.3, -0.25) is 0 Å². The molecule has 0 saturated carbocycles. The Kier molecular flexibility index (Phi) is 3.90. The van der Waals surface area contributed by atoms with Crippen molar-refractivity contribution in [2.75, 3.05) is 0 Å². The zero-order valence-electron chi connectivity index (χ0n) is 9.44. The molecule has 2 rings (SSSR count). The van der Waals surface area contributed by atoms with E-state index in [1.54, 1.807) is 12.1 Å². The Morgan fingerprint density at radius 2 is 1.65 bits per heavy atom. The molecule has 84 valence electrons. The second kappa shape index (κ2) is 5.83. The van der Waals surface area contributed by atoms with Crippen LogP contribution in [0.2, 0.25) is 0 Å². The Labute approximate surface area is 101 Å². The van der Waals surface area contributed by atoms with E-state index in [4.69, 9.17) is 0 Å². The van der Waals surface area contributed by atoms with E-state index in [-0.39, 0.29) is 5.82 Å². The molecule has 2 aromatic rings. The summed E-state index contributed by atoms with van der Waals surface area (Å²) in [6, 6.07) is 16.6. The first-order chi connectivity index (χ1) is 8.34. The van der Waals surface area contributed by atoms with E-state index in [1.165, 1.54) is 17.7 Å². The minimum atomic E-state index is -0.213. The van der Waals surface area contributed by atoms with Crippen molar-refractivity contribution in [2.45, 2.75) is 6.42 Å². The highest BCUT2D eigenvalue weighted by molar-refractivity contribution is 5.48. The van der Waals surface area contributed by atoms with Gasteiger partial charge in [0.05, 0.1) is 0 Å². The van der Waals surface area contributed by atoms with Crippen LogP contribution in [0.15, 0.2) is 66.4 Å². The van der Waals surface area contributed by atoms with Crippen LogP contribution < -0.4 is 0 Å². The fraction of sp³-hybridized carbons (Fsp3) is 0.0625. The molecular formula is C16H13F. The second-order valence-electron chi connectivity index (χ2n) is 3.76. The predicted molar refractivity (Wildman–Crippen MR) is 69.1 cm³/mol. The summed E-state index contributed by atoms with van der Waals surface area (Å²) in [6.07, 6.45) is 4.68. The molecule has 0 radical (unpaired) electrons. The average Bonchev–Trinajstić information content (AvgIpc) is 2.38. The lowest BCUT2D eigenvalue weighted by atomic mass is 10.1. The van der Waals surface area contributed by atoms with E-state index in [2.05, 4.69) is 17.9 Å². The van der Waals surface area contributed by atoms with Gasteiger partial charge in [0.1, 0.15) is 5.82 Å². The average molecular weight is 224 g/mol. The maximum Gasteiger partial charge on any atom is 0.123 e. The van der Waals surface area contributed by atoms with Crippen molar-refractivity contribution >= 4 is 6.08 Å². The molecule has 0 atom stereocenters.